The number of esters is 1. The van der Waals surface area contributed by atoms with E-state index < -0.39 is 66.1 Å². The lowest BCUT2D eigenvalue weighted by Crippen LogP contribution is -2.84. The largest absolute Gasteiger partial charge is 0.467 e. The molecule has 32 heavy (non-hydrogen) atoms. The molecule has 0 heterocycles. The molecule has 0 spiro atoms. The lowest BCUT2D eigenvalue weighted by Gasteiger charge is -2.53. The number of hydrogen-bond acceptors (Lipinski definition) is 3. The number of halogens is 11. The molecule has 0 radical (unpaired) electrons. The normalized spacial score (nSPS) is 26.0. The zero-order chi connectivity index (χ0) is 25.0. The van der Waals surface area contributed by atoms with Crippen molar-refractivity contribution in [2.45, 2.75) is 60.1 Å². The molecule has 1 unspecified atom stereocenters. The molecule has 1 aliphatic rings. The van der Waals surface area contributed by atoms with Crippen molar-refractivity contribution >= 4 is 5.97 Å². The molecule has 1 fully saturated rings. The van der Waals surface area contributed by atoms with E-state index in [0.29, 0.717) is 7.11 Å². The average Bonchev–Trinajstić information content (AvgIpc) is 2.70. The van der Waals surface area contributed by atoms with Crippen molar-refractivity contribution in [3.05, 3.63) is 35.9 Å². The van der Waals surface area contributed by atoms with Gasteiger partial charge in [-0.25, -0.2) is 9.18 Å². The smallest absolute Gasteiger partial charge is 0.384 e. The van der Waals surface area contributed by atoms with Gasteiger partial charge in [0.1, 0.15) is 0 Å². The fraction of sp³-hybridized carbons (Fsp3) is 0.611. The van der Waals surface area contributed by atoms with Gasteiger partial charge in [-0.2, -0.15) is 43.9 Å². The fourth-order valence-electron chi connectivity index (χ4n) is 3.36. The van der Waals surface area contributed by atoms with Gasteiger partial charge in [0.25, 0.3) is 5.67 Å². The Morgan fingerprint density at radius 1 is 0.812 bits per heavy atom. The maximum atomic E-state index is 15.0. The molecule has 2 rings (SSSR count). The van der Waals surface area contributed by atoms with E-state index in [2.05, 4.69) is 4.74 Å². The van der Waals surface area contributed by atoms with Crippen molar-refractivity contribution in [2.24, 2.45) is 0 Å². The van der Waals surface area contributed by atoms with Crippen LogP contribution in [0.5, 0.6) is 0 Å². The zero-order valence-electron chi connectivity index (χ0n) is 15.9. The summed E-state index contributed by atoms with van der Waals surface area (Å²) in [6.45, 7) is 0. The first-order chi connectivity index (χ1) is 14.3. The number of alkyl halides is 11. The first kappa shape index (κ1) is 26.1. The second-order valence-corrected chi connectivity index (χ2v) is 7.36. The van der Waals surface area contributed by atoms with Crippen LogP contribution in [-0.4, -0.2) is 59.1 Å². The van der Waals surface area contributed by atoms with Gasteiger partial charge < -0.3 is 9.84 Å². The standard InChI is InChI=1S/C18H15F11O3/c1-32-11(30)12(31,8-7-10-5-3-2-4-6-10)9-13(19)14(20,21)16(24,25)18(28,29)17(26,27)15(13,22)23/h2-6,31H,7-9H2,1H3. The van der Waals surface area contributed by atoms with Crippen LogP contribution in [0.4, 0.5) is 48.3 Å². The van der Waals surface area contributed by atoms with Crippen molar-refractivity contribution in [1.29, 1.82) is 0 Å². The second-order valence-electron chi connectivity index (χ2n) is 7.36. The van der Waals surface area contributed by atoms with Gasteiger partial charge in [0.2, 0.25) is 0 Å². The molecule has 1 aromatic carbocycles. The van der Waals surface area contributed by atoms with Crippen molar-refractivity contribution in [3.63, 3.8) is 0 Å². The van der Waals surface area contributed by atoms with Gasteiger partial charge >= 0.3 is 35.6 Å². The highest BCUT2D eigenvalue weighted by Crippen LogP contribution is 2.70. The number of rotatable bonds is 6. The molecule has 1 saturated carbocycles. The monoisotopic (exact) mass is 488 g/mol. The Balaban J connectivity index is 2.62. The van der Waals surface area contributed by atoms with Crippen molar-refractivity contribution in [3.8, 4) is 0 Å². The number of methoxy groups -OCH3 is 1. The summed E-state index contributed by atoms with van der Waals surface area (Å²) in [6, 6.07) is 6.91. The van der Waals surface area contributed by atoms with Gasteiger partial charge in [0.05, 0.1) is 7.11 Å². The number of carbonyl (C=O) groups is 1. The molecule has 1 aliphatic carbocycles. The molecule has 1 N–H and O–H groups in total. The molecule has 0 bridgehead atoms. The number of aryl methyl sites for hydroxylation is 1. The minimum atomic E-state index is -7.38. The molecule has 0 aromatic heterocycles. The summed E-state index contributed by atoms with van der Waals surface area (Å²) in [5.41, 5.74) is -10.1. The molecular weight excluding hydrogens is 473 g/mol. The van der Waals surface area contributed by atoms with E-state index in [1.54, 1.807) is 0 Å². The van der Waals surface area contributed by atoms with Crippen LogP contribution in [0.3, 0.4) is 0 Å². The summed E-state index contributed by atoms with van der Waals surface area (Å²) >= 11 is 0. The van der Waals surface area contributed by atoms with E-state index >= 15 is 4.39 Å². The van der Waals surface area contributed by atoms with Crippen LogP contribution in [0.1, 0.15) is 18.4 Å². The molecule has 0 saturated heterocycles. The van der Waals surface area contributed by atoms with Gasteiger partial charge in [0.15, 0.2) is 5.60 Å². The van der Waals surface area contributed by atoms with Crippen LogP contribution in [0.15, 0.2) is 30.3 Å². The lowest BCUT2D eigenvalue weighted by molar-refractivity contribution is -0.487. The summed E-state index contributed by atoms with van der Waals surface area (Å²) in [7, 11) is 0.468. The van der Waals surface area contributed by atoms with Crippen LogP contribution in [0, 0.1) is 0 Å². The van der Waals surface area contributed by atoms with Crippen LogP contribution >= 0.6 is 0 Å². The quantitative estimate of drug-likeness (QED) is 0.462. The maximum Gasteiger partial charge on any atom is 0.384 e. The summed E-state index contributed by atoms with van der Waals surface area (Å²) in [5, 5.41) is 10.3. The van der Waals surface area contributed by atoms with Crippen LogP contribution < -0.4 is 0 Å². The number of benzene rings is 1. The molecule has 1 atom stereocenters. The maximum absolute atomic E-state index is 15.0. The Kier molecular flexibility index (Phi) is 6.09. The molecule has 14 heteroatoms. The van der Waals surface area contributed by atoms with Crippen LogP contribution in [0.25, 0.3) is 0 Å². The highest BCUT2D eigenvalue weighted by Gasteiger charge is 3.01. The summed E-state index contributed by atoms with van der Waals surface area (Å²) in [6.07, 6.45) is -4.89. The first-order valence-electron chi connectivity index (χ1n) is 8.69. The van der Waals surface area contributed by atoms with Gasteiger partial charge in [0, 0.05) is 6.42 Å². The fourth-order valence-corrected chi connectivity index (χ4v) is 3.36. The third-order valence-electron chi connectivity index (χ3n) is 5.34. The van der Waals surface area contributed by atoms with Gasteiger partial charge in [-0.05, 0) is 18.4 Å². The highest BCUT2D eigenvalue weighted by molar-refractivity contribution is 5.79. The molecule has 1 aromatic rings. The Morgan fingerprint density at radius 2 is 1.22 bits per heavy atom. The van der Waals surface area contributed by atoms with Gasteiger partial charge in [-0.15, -0.1) is 0 Å². The minimum absolute atomic E-state index is 0.201. The predicted molar refractivity (Wildman–Crippen MR) is 84.9 cm³/mol. The molecular formula is C18H15F11O3. The van der Waals surface area contributed by atoms with E-state index in [0.717, 1.165) is 0 Å². The third-order valence-corrected chi connectivity index (χ3v) is 5.34. The van der Waals surface area contributed by atoms with E-state index in [9.17, 15) is 53.8 Å². The number of hydrogen-bond donors (Lipinski definition) is 1. The highest BCUT2D eigenvalue weighted by atomic mass is 19.4. The Morgan fingerprint density at radius 3 is 1.62 bits per heavy atom. The minimum Gasteiger partial charge on any atom is -0.467 e. The molecule has 3 nitrogen and oxygen atoms in total. The summed E-state index contributed by atoms with van der Waals surface area (Å²) < 4.78 is 157. The third kappa shape index (κ3) is 3.16. The Bertz CT molecular complexity index is 827. The summed E-state index contributed by atoms with van der Waals surface area (Å²) in [5.74, 6) is -38.4. The number of ether oxygens (including phenoxy) is 1. The van der Waals surface area contributed by atoms with Crippen molar-refractivity contribution in [2.75, 3.05) is 7.11 Å². The molecule has 0 aliphatic heterocycles. The van der Waals surface area contributed by atoms with E-state index in [-0.39, 0.29) is 5.56 Å². The zero-order valence-corrected chi connectivity index (χ0v) is 15.9. The van der Waals surface area contributed by atoms with Gasteiger partial charge in [-0.3, -0.25) is 0 Å². The second kappa shape index (κ2) is 7.45. The average molecular weight is 488 g/mol. The Hall–Kier alpha value is -2.12. The molecule has 0 amide bonds. The van der Waals surface area contributed by atoms with Crippen molar-refractivity contribution in [1.82, 2.24) is 0 Å². The topological polar surface area (TPSA) is 46.5 Å². The van der Waals surface area contributed by atoms with E-state index in [1.807, 2.05) is 0 Å². The van der Waals surface area contributed by atoms with Gasteiger partial charge in [-0.1, -0.05) is 30.3 Å². The SMILES string of the molecule is COC(=O)C(O)(CCc1ccccc1)CC1(F)C(F)(F)C(F)(F)C(F)(F)C(F)(F)C1(F)F. The van der Waals surface area contributed by atoms with E-state index in [1.165, 1.54) is 30.3 Å². The van der Waals surface area contributed by atoms with Crippen molar-refractivity contribution < 1.29 is 62.9 Å². The summed E-state index contributed by atoms with van der Waals surface area (Å²) in [4.78, 5) is 11.9. The van der Waals surface area contributed by atoms with Crippen LogP contribution in [0.2, 0.25) is 0 Å². The molecule has 182 valence electrons. The first-order valence-corrected chi connectivity index (χ1v) is 8.69. The van der Waals surface area contributed by atoms with E-state index in [4.69, 9.17) is 0 Å². The number of carbonyl (C=O) groups excluding carboxylic acids is 1. The van der Waals surface area contributed by atoms with Crippen LogP contribution in [-0.2, 0) is 16.0 Å². The predicted octanol–water partition coefficient (Wildman–Crippen LogP) is 4.81. The number of aliphatic hydroxyl groups is 1. The lowest BCUT2D eigenvalue weighted by atomic mass is 9.67. The Labute approximate surface area is 173 Å².